The predicted octanol–water partition coefficient (Wildman–Crippen LogP) is 1.18. The molecule has 0 aliphatic carbocycles. The van der Waals surface area contributed by atoms with Crippen molar-refractivity contribution < 1.29 is 0 Å². The molecule has 0 atom stereocenters. The largest absolute Gasteiger partial charge is 0.384 e. The molecule has 0 amide bonds. The van der Waals surface area contributed by atoms with E-state index in [1.54, 1.807) is 18.0 Å². The number of hydrogen-bond acceptors (Lipinski definition) is 4. The summed E-state index contributed by atoms with van der Waals surface area (Å²) in [5, 5.41) is 8.10. The zero-order valence-electron chi connectivity index (χ0n) is 7.66. The molecule has 1 aromatic heterocycles. The van der Waals surface area contributed by atoms with Gasteiger partial charge in [0.25, 0.3) is 0 Å². The number of aryl methyl sites for hydroxylation is 1. The van der Waals surface area contributed by atoms with Crippen molar-refractivity contribution in [3.63, 3.8) is 0 Å². The van der Waals surface area contributed by atoms with Gasteiger partial charge in [-0.3, -0.25) is 5.41 Å². The zero-order valence-corrected chi connectivity index (χ0v) is 8.48. The number of aromatic nitrogens is 2. The van der Waals surface area contributed by atoms with Gasteiger partial charge in [0.15, 0.2) is 0 Å². The molecule has 1 heterocycles. The highest BCUT2D eigenvalue weighted by molar-refractivity contribution is 7.99. The van der Waals surface area contributed by atoms with Crippen LogP contribution in [0.3, 0.4) is 0 Å². The van der Waals surface area contributed by atoms with E-state index in [1.807, 2.05) is 13.8 Å². The highest BCUT2D eigenvalue weighted by atomic mass is 32.2. The Labute approximate surface area is 81.5 Å². The SMILES string of the molecule is CCSc1nc(C)ncc1C(=N)N. The Hall–Kier alpha value is -1.10. The number of nitrogens with two attached hydrogens (primary N) is 1. The molecule has 0 aliphatic heterocycles. The lowest BCUT2D eigenvalue weighted by Crippen LogP contribution is -2.14. The lowest BCUT2D eigenvalue weighted by atomic mass is 10.3. The molecular formula is C8H12N4S. The van der Waals surface area contributed by atoms with E-state index in [0.29, 0.717) is 11.4 Å². The summed E-state index contributed by atoms with van der Waals surface area (Å²) in [7, 11) is 0. The Kier molecular flexibility index (Phi) is 3.25. The average Bonchev–Trinajstić information content (AvgIpc) is 2.04. The van der Waals surface area contributed by atoms with Crippen molar-refractivity contribution in [2.45, 2.75) is 18.9 Å². The molecule has 1 aromatic rings. The molecular weight excluding hydrogens is 184 g/mol. The minimum absolute atomic E-state index is 0.0240. The first kappa shape index (κ1) is 9.98. The van der Waals surface area contributed by atoms with Crippen LogP contribution in [-0.2, 0) is 0 Å². The predicted molar refractivity (Wildman–Crippen MR) is 54.2 cm³/mol. The van der Waals surface area contributed by atoms with Crippen molar-refractivity contribution in [2.75, 3.05) is 5.75 Å². The van der Waals surface area contributed by atoms with Crippen LogP contribution in [0.5, 0.6) is 0 Å². The maximum Gasteiger partial charge on any atom is 0.127 e. The molecule has 0 spiro atoms. The molecule has 4 nitrogen and oxygen atoms in total. The second kappa shape index (κ2) is 4.23. The van der Waals surface area contributed by atoms with Crippen LogP contribution in [0.25, 0.3) is 0 Å². The molecule has 0 aromatic carbocycles. The maximum absolute atomic E-state index is 7.31. The number of nitrogens with one attached hydrogen (secondary N) is 1. The Morgan fingerprint density at radius 3 is 2.92 bits per heavy atom. The van der Waals surface area contributed by atoms with Gasteiger partial charge in [-0.15, -0.1) is 11.8 Å². The summed E-state index contributed by atoms with van der Waals surface area (Å²) in [4.78, 5) is 8.21. The topological polar surface area (TPSA) is 75.7 Å². The van der Waals surface area contributed by atoms with Crippen molar-refractivity contribution in [3.8, 4) is 0 Å². The van der Waals surface area contributed by atoms with Crippen LogP contribution < -0.4 is 5.73 Å². The third-order valence-electron chi connectivity index (χ3n) is 1.45. The summed E-state index contributed by atoms with van der Waals surface area (Å²) < 4.78 is 0. The zero-order chi connectivity index (χ0) is 9.84. The number of thioether (sulfide) groups is 1. The molecule has 0 bridgehead atoms. The summed E-state index contributed by atoms with van der Waals surface area (Å²) >= 11 is 1.57. The van der Waals surface area contributed by atoms with E-state index < -0.39 is 0 Å². The van der Waals surface area contributed by atoms with E-state index in [2.05, 4.69) is 9.97 Å². The molecule has 0 fully saturated rings. The standard InChI is InChI=1S/C8H12N4S/c1-3-13-8-6(7(9)10)4-11-5(2)12-8/h4H,3H2,1-2H3,(H3,9,10). The van der Waals surface area contributed by atoms with E-state index in [-0.39, 0.29) is 5.84 Å². The van der Waals surface area contributed by atoms with Crippen LogP contribution in [0.1, 0.15) is 18.3 Å². The quantitative estimate of drug-likeness (QED) is 0.329. The van der Waals surface area contributed by atoms with Crippen molar-refractivity contribution in [1.82, 2.24) is 9.97 Å². The number of nitrogens with zero attached hydrogens (tertiary/aromatic N) is 2. The first-order chi connectivity index (χ1) is 6.15. The lowest BCUT2D eigenvalue weighted by molar-refractivity contribution is 0.957. The maximum atomic E-state index is 7.31. The van der Waals surface area contributed by atoms with Gasteiger partial charge < -0.3 is 5.73 Å². The number of amidine groups is 1. The highest BCUT2D eigenvalue weighted by Crippen LogP contribution is 2.18. The molecule has 0 unspecified atom stereocenters. The third kappa shape index (κ3) is 2.42. The lowest BCUT2D eigenvalue weighted by Gasteiger charge is -2.05. The Morgan fingerprint density at radius 2 is 2.38 bits per heavy atom. The minimum Gasteiger partial charge on any atom is -0.384 e. The van der Waals surface area contributed by atoms with Crippen molar-refractivity contribution >= 4 is 17.6 Å². The van der Waals surface area contributed by atoms with Crippen molar-refractivity contribution in [1.29, 1.82) is 5.41 Å². The smallest absolute Gasteiger partial charge is 0.127 e. The molecule has 13 heavy (non-hydrogen) atoms. The molecule has 0 saturated heterocycles. The Bertz CT molecular complexity index is 324. The van der Waals surface area contributed by atoms with Gasteiger partial charge in [0.1, 0.15) is 16.7 Å². The number of hydrogen-bond donors (Lipinski definition) is 2. The van der Waals surface area contributed by atoms with Gasteiger partial charge in [-0.05, 0) is 12.7 Å². The average molecular weight is 196 g/mol. The van der Waals surface area contributed by atoms with E-state index in [4.69, 9.17) is 11.1 Å². The van der Waals surface area contributed by atoms with Gasteiger partial charge in [0.05, 0.1) is 5.56 Å². The third-order valence-corrected chi connectivity index (χ3v) is 2.32. The molecule has 1 rings (SSSR count). The Morgan fingerprint density at radius 1 is 1.69 bits per heavy atom. The van der Waals surface area contributed by atoms with Gasteiger partial charge in [0, 0.05) is 6.20 Å². The summed E-state index contributed by atoms with van der Waals surface area (Å²) in [5.41, 5.74) is 6.01. The van der Waals surface area contributed by atoms with Gasteiger partial charge in [-0.1, -0.05) is 6.92 Å². The van der Waals surface area contributed by atoms with Gasteiger partial charge >= 0.3 is 0 Å². The van der Waals surface area contributed by atoms with Crippen LogP contribution >= 0.6 is 11.8 Å². The number of rotatable bonds is 3. The number of nitrogen functional groups attached to an aromatic ring is 1. The Balaban J connectivity index is 3.10. The molecule has 0 saturated carbocycles. The molecule has 5 heteroatoms. The van der Waals surface area contributed by atoms with Gasteiger partial charge in [-0.2, -0.15) is 0 Å². The van der Waals surface area contributed by atoms with E-state index >= 15 is 0 Å². The normalized spacial score (nSPS) is 10.0. The van der Waals surface area contributed by atoms with E-state index in [0.717, 1.165) is 10.8 Å². The summed E-state index contributed by atoms with van der Waals surface area (Å²) in [6.07, 6.45) is 1.60. The molecule has 0 radical (unpaired) electrons. The van der Waals surface area contributed by atoms with Crippen molar-refractivity contribution in [3.05, 3.63) is 17.6 Å². The fraction of sp³-hybridized carbons (Fsp3) is 0.375. The molecule has 0 aliphatic rings. The summed E-state index contributed by atoms with van der Waals surface area (Å²) in [5.74, 6) is 1.65. The first-order valence-electron chi connectivity index (χ1n) is 3.96. The van der Waals surface area contributed by atoms with Gasteiger partial charge in [0.2, 0.25) is 0 Å². The first-order valence-corrected chi connectivity index (χ1v) is 4.94. The van der Waals surface area contributed by atoms with Crippen molar-refractivity contribution in [2.24, 2.45) is 5.73 Å². The van der Waals surface area contributed by atoms with E-state index in [9.17, 15) is 0 Å². The van der Waals surface area contributed by atoms with Crippen LogP contribution in [0.4, 0.5) is 0 Å². The fourth-order valence-corrected chi connectivity index (χ4v) is 1.67. The fourth-order valence-electron chi connectivity index (χ4n) is 0.881. The summed E-state index contributed by atoms with van der Waals surface area (Å²) in [6, 6.07) is 0. The van der Waals surface area contributed by atoms with Crippen LogP contribution in [0.2, 0.25) is 0 Å². The second-order valence-corrected chi connectivity index (χ2v) is 3.74. The van der Waals surface area contributed by atoms with Crippen LogP contribution in [0, 0.1) is 12.3 Å². The minimum atomic E-state index is 0.0240. The van der Waals surface area contributed by atoms with Crippen LogP contribution in [-0.4, -0.2) is 21.6 Å². The van der Waals surface area contributed by atoms with E-state index in [1.165, 1.54) is 0 Å². The monoisotopic (exact) mass is 196 g/mol. The summed E-state index contributed by atoms with van der Waals surface area (Å²) in [6.45, 7) is 3.86. The van der Waals surface area contributed by atoms with Gasteiger partial charge in [-0.25, -0.2) is 9.97 Å². The molecule has 3 N–H and O–H groups in total. The molecule has 70 valence electrons. The van der Waals surface area contributed by atoms with Crippen LogP contribution in [0.15, 0.2) is 11.2 Å². The second-order valence-electron chi connectivity index (χ2n) is 2.48. The highest BCUT2D eigenvalue weighted by Gasteiger charge is 2.07.